The van der Waals surface area contributed by atoms with Gasteiger partial charge >= 0.3 is 6.03 Å². The molecule has 0 radical (unpaired) electrons. The number of para-hydroxylation sites is 2. The molecule has 0 saturated carbocycles. The van der Waals surface area contributed by atoms with E-state index < -0.39 is 0 Å². The van der Waals surface area contributed by atoms with Crippen LogP contribution in [-0.4, -0.2) is 15.4 Å². The second-order valence-corrected chi connectivity index (χ2v) is 6.35. The molecular formula is C22H20N4O. The number of nitrogens with one attached hydrogen (secondary N) is 1. The van der Waals surface area contributed by atoms with E-state index in [1.165, 1.54) is 0 Å². The molecule has 2 aromatic heterocycles. The Hall–Kier alpha value is -3.60. The zero-order chi connectivity index (χ0) is 18.6. The predicted molar refractivity (Wildman–Crippen MR) is 108 cm³/mol. The third-order valence-corrected chi connectivity index (χ3v) is 4.51. The number of pyridine rings is 1. The van der Waals surface area contributed by atoms with Crippen molar-refractivity contribution in [1.29, 1.82) is 0 Å². The molecule has 0 fully saturated rings. The molecule has 0 aliphatic heterocycles. The molecule has 0 saturated heterocycles. The van der Waals surface area contributed by atoms with Gasteiger partial charge in [0.1, 0.15) is 5.65 Å². The summed E-state index contributed by atoms with van der Waals surface area (Å²) >= 11 is 0. The summed E-state index contributed by atoms with van der Waals surface area (Å²) in [7, 11) is 0. The van der Waals surface area contributed by atoms with Gasteiger partial charge in [-0.3, -0.25) is 4.90 Å². The number of anilines is 2. The number of imidazole rings is 1. The van der Waals surface area contributed by atoms with Crippen molar-refractivity contribution in [3.05, 3.63) is 96.4 Å². The molecule has 27 heavy (non-hydrogen) atoms. The van der Waals surface area contributed by atoms with E-state index >= 15 is 0 Å². The van der Waals surface area contributed by atoms with Crippen molar-refractivity contribution in [3.63, 3.8) is 0 Å². The van der Waals surface area contributed by atoms with Crippen LogP contribution in [0.2, 0.25) is 0 Å². The third kappa shape index (κ3) is 3.53. The molecular weight excluding hydrogens is 336 g/mol. The van der Waals surface area contributed by atoms with Crippen LogP contribution in [0.1, 0.15) is 11.3 Å². The number of carbonyl (C=O) groups excluding carboxylic acids is 1. The minimum absolute atomic E-state index is 0.179. The summed E-state index contributed by atoms with van der Waals surface area (Å²) in [4.78, 5) is 19.3. The summed E-state index contributed by atoms with van der Waals surface area (Å²) in [6.45, 7) is 2.39. The van der Waals surface area contributed by atoms with Gasteiger partial charge in [0.25, 0.3) is 0 Å². The lowest BCUT2D eigenvalue weighted by atomic mass is 10.2. The normalized spacial score (nSPS) is 10.7. The first kappa shape index (κ1) is 16.8. The first-order valence-electron chi connectivity index (χ1n) is 8.82. The highest BCUT2D eigenvalue weighted by Crippen LogP contribution is 2.21. The number of nitrogens with zero attached hydrogens (tertiary/aromatic N) is 3. The highest BCUT2D eigenvalue weighted by molar-refractivity contribution is 6.02. The number of urea groups is 1. The van der Waals surface area contributed by atoms with Crippen LogP contribution in [0.3, 0.4) is 0 Å². The number of fused-ring (bicyclic) bond motifs is 1. The monoisotopic (exact) mass is 356 g/mol. The number of rotatable bonds is 4. The summed E-state index contributed by atoms with van der Waals surface area (Å²) in [6.07, 6.45) is 3.77. The van der Waals surface area contributed by atoms with Crippen molar-refractivity contribution < 1.29 is 4.79 Å². The summed E-state index contributed by atoms with van der Waals surface area (Å²) < 4.78 is 2.00. The molecule has 0 aliphatic carbocycles. The Labute approximate surface area is 157 Å². The molecule has 0 bridgehead atoms. The zero-order valence-corrected chi connectivity index (χ0v) is 15.0. The van der Waals surface area contributed by atoms with Crippen molar-refractivity contribution >= 4 is 23.1 Å². The maximum absolute atomic E-state index is 13.1. The highest BCUT2D eigenvalue weighted by atomic mass is 16.2. The SMILES string of the molecule is Cc1ccccc1NC(=O)N(Cc1cnc2ccccn12)c1ccccc1. The van der Waals surface area contributed by atoms with Crippen LogP contribution in [0.4, 0.5) is 16.2 Å². The number of hydrogen-bond donors (Lipinski definition) is 1. The van der Waals surface area contributed by atoms with Gasteiger partial charge < -0.3 is 9.72 Å². The minimum atomic E-state index is -0.179. The predicted octanol–water partition coefficient (Wildman–Crippen LogP) is 4.88. The molecule has 2 amide bonds. The average Bonchev–Trinajstić information content (AvgIpc) is 3.11. The zero-order valence-electron chi connectivity index (χ0n) is 15.0. The van der Waals surface area contributed by atoms with Crippen molar-refractivity contribution in [2.24, 2.45) is 0 Å². The molecule has 0 atom stereocenters. The van der Waals surface area contributed by atoms with Crippen molar-refractivity contribution in [2.75, 3.05) is 10.2 Å². The maximum atomic E-state index is 13.1. The van der Waals surface area contributed by atoms with Crippen molar-refractivity contribution in [1.82, 2.24) is 9.38 Å². The molecule has 0 spiro atoms. The van der Waals surface area contributed by atoms with Crippen molar-refractivity contribution in [3.8, 4) is 0 Å². The molecule has 4 rings (SSSR count). The van der Waals surface area contributed by atoms with E-state index in [4.69, 9.17) is 0 Å². The molecule has 4 aromatic rings. The molecule has 5 nitrogen and oxygen atoms in total. The van der Waals surface area contributed by atoms with Crippen LogP contribution >= 0.6 is 0 Å². The van der Waals surface area contributed by atoms with E-state index in [1.807, 2.05) is 96.5 Å². The van der Waals surface area contributed by atoms with E-state index in [0.29, 0.717) is 6.54 Å². The Morgan fingerprint density at radius 1 is 1.00 bits per heavy atom. The molecule has 134 valence electrons. The van der Waals surface area contributed by atoms with E-state index in [-0.39, 0.29) is 6.03 Å². The van der Waals surface area contributed by atoms with Gasteiger partial charge in [-0.25, -0.2) is 9.78 Å². The van der Waals surface area contributed by atoms with Crippen LogP contribution in [0, 0.1) is 6.92 Å². The molecule has 0 unspecified atom stereocenters. The first-order valence-corrected chi connectivity index (χ1v) is 8.82. The number of amides is 2. The topological polar surface area (TPSA) is 49.6 Å². The van der Waals surface area contributed by atoms with E-state index in [2.05, 4.69) is 10.3 Å². The van der Waals surface area contributed by atoms with E-state index in [0.717, 1.165) is 28.3 Å². The van der Waals surface area contributed by atoms with Crippen LogP contribution in [-0.2, 0) is 6.54 Å². The third-order valence-electron chi connectivity index (χ3n) is 4.51. The van der Waals surface area contributed by atoms with Crippen LogP contribution < -0.4 is 10.2 Å². The molecule has 5 heteroatoms. The minimum Gasteiger partial charge on any atom is -0.307 e. The highest BCUT2D eigenvalue weighted by Gasteiger charge is 2.18. The smallest absolute Gasteiger partial charge is 0.307 e. The molecule has 2 aromatic carbocycles. The van der Waals surface area contributed by atoms with E-state index in [9.17, 15) is 4.79 Å². The average molecular weight is 356 g/mol. The van der Waals surface area contributed by atoms with Gasteiger partial charge in [0.2, 0.25) is 0 Å². The molecule has 2 heterocycles. The maximum Gasteiger partial charge on any atom is 0.326 e. The Balaban J connectivity index is 1.67. The standard InChI is InChI=1S/C22H20N4O/c1-17-9-5-6-12-20(17)24-22(27)26(18-10-3-2-4-11-18)16-19-15-23-21-13-7-8-14-25(19)21/h2-15H,16H2,1H3,(H,24,27). The number of aryl methyl sites for hydroxylation is 1. The van der Waals surface area contributed by atoms with Gasteiger partial charge in [-0.2, -0.15) is 0 Å². The lowest BCUT2D eigenvalue weighted by Gasteiger charge is -2.23. The summed E-state index contributed by atoms with van der Waals surface area (Å²) in [5, 5.41) is 3.03. The van der Waals surface area contributed by atoms with Gasteiger partial charge in [-0.15, -0.1) is 0 Å². The van der Waals surface area contributed by atoms with Gasteiger partial charge in [-0.1, -0.05) is 42.5 Å². The van der Waals surface area contributed by atoms with Crippen LogP contribution in [0.5, 0.6) is 0 Å². The first-order chi connectivity index (χ1) is 13.2. The van der Waals surface area contributed by atoms with Gasteiger partial charge in [0.15, 0.2) is 0 Å². The quantitative estimate of drug-likeness (QED) is 0.566. The van der Waals surface area contributed by atoms with E-state index in [1.54, 1.807) is 4.90 Å². The Morgan fingerprint density at radius 3 is 2.56 bits per heavy atom. The fourth-order valence-electron chi connectivity index (χ4n) is 3.05. The van der Waals surface area contributed by atoms with Crippen LogP contribution in [0.25, 0.3) is 5.65 Å². The Kier molecular flexibility index (Phi) is 4.58. The Morgan fingerprint density at radius 2 is 1.74 bits per heavy atom. The van der Waals surface area contributed by atoms with Crippen molar-refractivity contribution in [2.45, 2.75) is 13.5 Å². The second kappa shape index (κ2) is 7.33. The number of aromatic nitrogens is 2. The summed E-state index contributed by atoms with van der Waals surface area (Å²) in [6, 6.07) is 23.1. The number of hydrogen-bond acceptors (Lipinski definition) is 2. The molecule has 1 N–H and O–H groups in total. The second-order valence-electron chi connectivity index (χ2n) is 6.35. The fourth-order valence-corrected chi connectivity index (χ4v) is 3.05. The molecule has 0 aliphatic rings. The lowest BCUT2D eigenvalue weighted by Crippen LogP contribution is -2.35. The van der Waals surface area contributed by atoms with Crippen LogP contribution in [0.15, 0.2) is 85.2 Å². The van der Waals surface area contributed by atoms with Gasteiger partial charge in [-0.05, 0) is 42.8 Å². The number of benzene rings is 2. The summed E-state index contributed by atoms with van der Waals surface area (Å²) in [5.74, 6) is 0. The number of carbonyl (C=O) groups is 1. The Bertz CT molecular complexity index is 1070. The van der Waals surface area contributed by atoms with Gasteiger partial charge in [0, 0.05) is 17.6 Å². The fraction of sp³-hybridized carbons (Fsp3) is 0.0909. The lowest BCUT2D eigenvalue weighted by molar-refractivity contribution is 0.256. The largest absolute Gasteiger partial charge is 0.326 e. The van der Waals surface area contributed by atoms with Gasteiger partial charge in [0.05, 0.1) is 18.4 Å². The summed E-state index contributed by atoms with van der Waals surface area (Å²) in [5.41, 5.74) is 4.46.